The number of hydrogen-bond acceptors (Lipinski definition) is 3. The third kappa shape index (κ3) is 3.24. The highest BCUT2D eigenvalue weighted by Gasteiger charge is 2.11. The smallest absolute Gasteiger partial charge is 0.0648 e. The first-order valence-electron chi connectivity index (χ1n) is 5.97. The van der Waals surface area contributed by atoms with Crippen LogP contribution in [0.3, 0.4) is 0 Å². The van der Waals surface area contributed by atoms with E-state index in [0.717, 1.165) is 12.1 Å². The minimum Gasteiger partial charge on any atom is -0.371 e. The Hall–Kier alpha value is -1.06. The highest BCUT2D eigenvalue weighted by Crippen LogP contribution is 2.20. The van der Waals surface area contributed by atoms with Crippen molar-refractivity contribution in [3.63, 3.8) is 0 Å². The maximum absolute atomic E-state index is 5.82. The fourth-order valence-corrected chi connectivity index (χ4v) is 2.84. The van der Waals surface area contributed by atoms with Crippen LogP contribution in [0.15, 0.2) is 35.8 Å². The van der Waals surface area contributed by atoms with Crippen molar-refractivity contribution in [1.82, 2.24) is 4.98 Å². The molecule has 1 atom stereocenters. The Morgan fingerprint density at radius 2 is 2.28 bits per heavy atom. The first kappa shape index (κ1) is 13.4. The zero-order chi connectivity index (χ0) is 13.0. The third-order valence-corrected chi connectivity index (χ3v) is 4.25. The molecule has 2 rings (SSSR count). The van der Waals surface area contributed by atoms with Crippen molar-refractivity contribution >= 4 is 28.6 Å². The van der Waals surface area contributed by atoms with E-state index in [4.69, 9.17) is 11.6 Å². The molecule has 0 aromatic carbocycles. The van der Waals surface area contributed by atoms with Gasteiger partial charge in [0.15, 0.2) is 0 Å². The molecular formula is C14H17ClN2S. The van der Waals surface area contributed by atoms with Gasteiger partial charge in [0.25, 0.3) is 0 Å². The maximum Gasteiger partial charge on any atom is 0.0648 e. The second-order valence-corrected chi connectivity index (χ2v) is 5.68. The Morgan fingerprint density at radius 1 is 1.44 bits per heavy atom. The largest absolute Gasteiger partial charge is 0.371 e. The summed E-state index contributed by atoms with van der Waals surface area (Å²) < 4.78 is 0. The molecule has 0 saturated heterocycles. The molecule has 1 unspecified atom stereocenters. The molecule has 0 N–H and O–H groups in total. The molecular weight excluding hydrogens is 264 g/mol. The van der Waals surface area contributed by atoms with Gasteiger partial charge in [0.05, 0.1) is 11.6 Å². The molecule has 0 aliphatic heterocycles. The van der Waals surface area contributed by atoms with Gasteiger partial charge in [-0.2, -0.15) is 0 Å². The van der Waals surface area contributed by atoms with E-state index < -0.39 is 0 Å². The number of anilines is 1. The van der Waals surface area contributed by atoms with Gasteiger partial charge in [-0.1, -0.05) is 6.07 Å². The molecule has 0 bridgehead atoms. The monoisotopic (exact) mass is 280 g/mol. The molecule has 18 heavy (non-hydrogen) atoms. The van der Waals surface area contributed by atoms with Gasteiger partial charge in [-0.05, 0) is 30.5 Å². The van der Waals surface area contributed by atoms with Crippen LogP contribution in [0.2, 0.25) is 0 Å². The minimum atomic E-state index is 0.453. The van der Waals surface area contributed by atoms with Crippen LogP contribution in [0, 0.1) is 0 Å². The molecule has 0 spiro atoms. The molecule has 2 heterocycles. The van der Waals surface area contributed by atoms with E-state index in [1.807, 2.05) is 23.6 Å². The fraction of sp³-hybridized carbons (Fsp3) is 0.357. The normalized spacial score (nSPS) is 12.4. The van der Waals surface area contributed by atoms with Crippen LogP contribution in [0.5, 0.6) is 0 Å². The summed E-state index contributed by atoms with van der Waals surface area (Å²) in [5.74, 6) is 0.459. The summed E-state index contributed by atoms with van der Waals surface area (Å²) in [4.78, 5) is 7.91. The van der Waals surface area contributed by atoms with E-state index in [1.165, 1.54) is 10.6 Å². The van der Waals surface area contributed by atoms with Crippen LogP contribution in [-0.2, 0) is 12.3 Å². The molecule has 0 amide bonds. The van der Waals surface area contributed by atoms with Gasteiger partial charge in [0, 0.05) is 36.3 Å². The van der Waals surface area contributed by atoms with Crippen molar-refractivity contribution in [3.8, 4) is 0 Å². The van der Waals surface area contributed by atoms with Crippen molar-refractivity contribution in [1.29, 1.82) is 0 Å². The van der Waals surface area contributed by atoms with Gasteiger partial charge >= 0.3 is 0 Å². The van der Waals surface area contributed by atoms with E-state index in [2.05, 4.69) is 47.4 Å². The van der Waals surface area contributed by atoms with Crippen LogP contribution in [0.25, 0.3) is 0 Å². The predicted octanol–water partition coefficient (Wildman–Crippen LogP) is 3.95. The number of aromatic nitrogens is 1. The van der Waals surface area contributed by atoms with Gasteiger partial charge in [0.2, 0.25) is 0 Å². The van der Waals surface area contributed by atoms with Crippen LogP contribution in [0.1, 0.15) is 17.5 Å². The lowest BCUT2D eigenvalue weighted by molar-refractivity contribution is 0.687. The summed E-state index contributed by atoms with van der Waals surface area (Å²) in [6.07, 6.45) is 2.88. The second kappa shape index (κ2) is 6.21. The minimum absolute atomic E-state index is 0.453. The van der Waals surface area contributed by atoms with Crippen LogP contribution < -0.4 is 4.90 Å². The van der Waals surface area contributed by atoms with E-state index in [1.54, 1.807) is 0 Å². The van der Waals surface area contributed by atoms with E-state index in [9.17, 15) is 0 Å². The van der Waals surface area contributed by atoms with Gasteiger partial charge in [-0.3, -0.25) is 4.98 Å². The fourth-order valence-electron chi connectivity index (χ4n) is 1.87. The first-order valence-corrected chi connectivity index (χ1v) is 7.38. The summed E-state index contributed by atoms with van der Waals surface area (Å²) in [6.45, 7) is 2.24. The van der Waals surface area contributed by atoms with Gasteiger partial charge in [-0.25, -0.2) is 0 Å². The molecule has 96 valence electrons. The van der Waals surface area contributed by atoms with E-state index in [0.29, 0.717) is 11.9 Å². The predicted molar refractivity (Wildman–Crippen MR) is 79.7 cm³/mol. The van der Waals surface area contributed by atoms with Crippen LogP contribution in [-0.4, -0.2) is 18.1 Å². The maximum atomic E-state index is 5.82. The number of likely N-dealkylation sites (N-methyl/N-ethyl adjacent to an activating group) is 1. The molecule has 0 aliphatic rings. The standard InChI is InChI=1S/C14H17ClN2S/c1-11(8-14-4-3-7-18-14)17(2)13-5-6-16-12(9-13)10-15/h3-7,9,11H,8,10H2,1-2H3. The summed E-state index contributed by atoms with van der Waals surface area (Å²) in [6, 6.07) is 8.82. The lowest BCUT2D eigenvalue weighted by Gasteiger charge is -2.27. The third-order valence-electron chi connectivity index (χ3n) is 3.08. The number of rotatable bonds is 5. The lowest BCUT2D eigenvalue weighted by Crippen LogP contribution is -2.30. The van der Waals surface area contributed by atoms with E-state index >= 15 is 0 Å². The van der Waals surface area contributed by atoms with Crippen LogP contribution >= 0.6 is 22.9 Å². The van der Waals surface area contributed by atoms with Crippen LogP contribution in [0.4, 0.5) is 5.69 Å². The molecule has 4 heteroatoms. The van der Waals surface area contributed by atoms with Crippen molar-refractivity contribution < 1.29 is 0 Å². The number of hydrogen-bond donors (Lipinski definition) is 0. The lowest BCUT2D eigenvalue weighted by atomic mass is 10.1. The quantitative estimate of drug-likeness (QED) is 0.771. The Bertz CT molecular complexity index is 484. The summed E-state index contributed by atoms with van der Waals surface area (Å²) in [7, 11) is 2.12. The van der Waals surface area contributed by atoms with E-state index in [-0.39, 0.29) is 0 Å². The van der Waals surface area contributed by atoms with Gasteiger partial charge in [-0.15, -0.1) is 22.9 Å². The zero-order valence-electron chi connectivity index (χ0n) is 10.6. The summed E-state index contributed by atoms with van der Waals surface area (Å²) >= 11 is 7.63. The highest BCUT2D eigenvalue weighted by atomic mass is 35.5. The molecule has 0 radical (unpaired) electrons. The molecule has 2 aromatic heterocycles. The number of alkyl halides is 1. The summed E-state index contributed by atoms with van der Waals surface area (Å²) in [5.41, 5.74) is 2.09. The molecule has 0 aliphatic carbocycles. The highest BCUT2D eigenvalue weighted by molar-refractivity contribution is 7.09. The number of thiophene rings is 1. The van der Waals surface area contributed by atoms with Crippen molar-refractivity contribution in [2.75, 3.05) is 11.9 Å². The SMILES string of the molecule is CC(Cc1cccs1)N(C)c1ccnc(CCl)c1. The van der Waals surface area contributed by atoms with Crippen molar-refractivity contribution in [2.24, 2.45) is 0 Å². The Labute approximate surface area is 117 Å². The van der Waals surface area contributed by atoms with Crippen molar-refractivity contribution in [3.05, 3.63) is 46.4 Å². The molecule has 2 nitrogen and oxygen atoms in total. The average molecular weight is 281 g/mol. The summed E-state index contributed by atoms with van der Waals surface area (Å²) in [5, 5.41) is 2.13. The first-order chi connectivity index (χ1) is 8.70. The molecule has 0 saturated carbocycles. The number of nitrogens with zero attached hydrogens (tertiary/aromatic N) is 2. The van der Waals surface area contributed by atoms with Crippen molar-refractivity contribution in [2.45, 2.75) is 25.3 Å². The van der Waals surface area contributed by atoms with Gasteiger partial charge < -0.3 is 4.90 Å². The number of pyridine rings is 1. The second-order valence-electron chi connectivity index (χ2n) is 4.38. The Morgan fingerprint density at radius 3 is 2.94 bits per heavy atom. The zero-order valence-corrected chi connectivity index (χ0v) is 12.2. The average Bonchev–Trinajstić information content (AvgIpc) is 2.90. The molecule has 2 aromatic rings. The van der Waals surface area contributed by atoms with Gasteiger partial charge in [0.1, 0.15) is 0 Å². The Balaban J connectivity index is 2.07. The topological polar surface area (TPSA) is 16.1 Å². The molecule has 0 fully saturated rings. The number of halogens is 1. The Kier molecular flexibility index (Phi) is 4.61.